The number of carbonyl (C=O) groups is 3. The molecule has 0 bridgehead atoms. The number of phenolic OH excluding ortho intramolecular Hbond substituents is 1. The summed E-state index contributed by atoms with van der Waals surface area (Å²) in [5.41, 5.74) is 2.05. The number of anilines is 1. The quantitative estimate of drug-likeness (QED) is 0.159. The van der Waals surface area contributed by atoms with Crippen LogP contribution in [0.4, 0.5) is 5.69 Å². The van der Waals surface area contributed by atoms with Gasteiger partial charge in [0.2, 0.25) is 0 Å². The molecule has 1 heterocycles. The molecule has 2 N–H and O–H groups in total. The molecule has 4 aromatic rings. The highest BCUT2D eigenvalue weighted by atomic mass is 16.5. The lowest BCUT2D eigenvalue weighted by Crippen LogP contribution is -2.29. The number of aliphatic hydroxyl groups is 1. The number of aliphatic hydroxyl groups excluding tert-OH is 1. The number of ketones is 1. The minimum atomic E-state index is -0.939. The van der Waals surface area contributed by atoms with Gasteiger partial charge in [0.05, 0.1) is 24.6 Å². The van der Waals surface area contributed by atoms with Crippen LogP contribution in [0.15, 0.2) is 96.6 Å². The van der Waals surface area contributed by atoms with Crippen LogP contribution in [0.5, 0.6) is 5.75 Å². The molecule has 4 aromatic carbocycles. The van der Waals surface area contributed by atoms with Gasteiger partial charge in [-0.1, -0.05) is 66.7 Å². The molecule has 1 unspecified atom stereocenters. The summed E-state index contributed by atoms with van der Waals surface area (Å²) in [6.07, 6.45) is 0.0788. The van der Waals surface area contributed by atoms with E-state index in [1.807, 2.05) is 30.3 Å². The molecule has 7 nitrogen and oxygen atoms in total. The maximum absolute atomic E-state index is 13.5. The van der Waals surface area contributed by atoms with Crippen molar-refractivity contribution in [3.8, 4) is 5.75 Å². The topological polar surface area (TPSA) is 104 Å². The van der Waals surface area contributed by atoms with Gasteiger partial charge in [0, 0.05) is 11.3 Å². The zero-order chi connectivity index (χ0) is 26.8. The lowest BCUT2D eigenvalue weighted by atomic mass is 9.93. The second kappa shape index (κ2) is 10.2. The molecule has 190 valence electrons. The molecule has 0 aromatic heterocycles. The number of esters is 1. The zero-order valence-corrected chi connectivity index (χ0v) is 20.6. The van der Waals surface area contributed by atoms with Crippen molar-refractivity contribution >= 4 is 39.9 Å². The molecule has 0 aliphatic carbocycles. The van der Waals surface area contributed by atoms with E-state index >= 15 is 0 Å². The van der Waals surface area contributed by atoms with Crippen molar-refractivity contribution < 1.29 is 29.3 Å². The average Bonchev–Trinajstić information content (AvgIpc) is 3.19. The van der Waals surface area contributed by atoms with Crippen molar-refractivity contribution in [2.45, 2.75) is 19.4 Å². The molecule has 38 heavy (non-hydrogen) atoms. The average molecular weight is 508 g/mol. The molecular formula is C31H25NO6. The lowest BCUT2D eigenvalue weighted by Gasteiger charge is -2.25. The van der Waals surface area contributed by atoms with Crippen molar-refractivity contribution in [1.29, 1.82) is 0 Å². The molecule has 1 atom stereocenters. The predicted octanol–water partition coefficient (Wildman–Crippen LogP) is 5.28. The van der Waals surface area contributed by atoms with Gasteiger partial charge in [-0.25, -0.2) is 0 Å². The van der Waals surface area contributed by atoms with E-state index in [-0.39, 0.29) is 36.1 Å². The Morgan fingerprint density at radius 1 is 0.895 bits per heavy atom. The van der Waals surface area contributed by atoms with Gasteiger partial charge in [-0.05, 0) is 53.1 Å². The van der Waals surface area contributed by atoms with E-state index in [0.717, 1.165) is 10.8 Å². The van der Waals surface area contributed by atoms with Crippen LogP contribution in [0, 0.1) is 0 Å². The summed E-state index contributed by atoms with van der Waals surface area (Å²) >= 11 is 0. The summed E-state index contributed by atoms with van der Waals surface area (Å²) in [7, 11) is 0. The van der Waals surface area contributed by atoms with Crippen LogP contribution in [0.3, 0.4) is 0 Å². The van der Waals surface area contributed by atoms with E-state index in [4.69, 9.17) is 4.74 Å². The number of nitrogens with zero attached hydrogens (tertiary/aromatic N) is 1. The van der Waals surface area contributed by atoms with Crippen molar-refractivity contribution in [1.82, 2.24) is 0 Å². The van der Waals surface area contributed by atoms with Crippen molar-refractivity contribution in [3.63, 3.8) is 0 Å². The number of hydrogen-bond acceptors (Lipinski definition) is 6. The van der Waals surface area contributed by atoms with Crippen LogP contribution >= 0.6 is 0 Å². The third kappa shape index (κ3) is 4.50. The van der Waals surface area contributed by atoms with Gasteiger partial charge >= 0.3 is 5.97 Å². The highest BCUT2D eigenvalue weighted by Crippen LogP contribution is 2.43. The number of Topliss-reactive ketones (excluding diaryl/α,β-unsaturated/α-hetero) is 1. The minimum absolute atomic E-state index is 0.0306. The molecule has 0 spiro atoms. The van der Waals surface area contributed by atoms with Crippen LogP contribution in [0.1, 0.15) is 29.7 Å². The number of aromatic hydroxyl groups is 1. The highest BCUT2D eigenvalue weighted by Gasteiger charge is 2.47. The van der Waals surface area contributed by atoms with E-state index in [1.165, 1.54) is 17.0 Å². The van der Waals surface area contributed by atoms with E-state index in [2.05, 4.69) is 0 Å². The van der Waals surface area contributed by atoms with Gasteiger partial charge in [-0.2, -0.15) is 0 Å². The van der Waals surface area contributed by atoms with Crippen LogP contribution in [0.2, 0.25) is 0 Å². The van der Waals surface area contributed by atoms with Crippen LogP contribution in [0.25, 0.3) is 16.5 Å². The standard InChI is InChI=1S/C31H25NO6/c1-2-38-26(34)18-19-10-14-22(15-11-19)32-28(21-12-16-23(33)17-13-21)27(30(36)31(32)37)29(35)25-9-5-7-20-6-3-4-8-24(20)25/h3-17,28,33,35H,2,18H2,1H3/b29-27-. The van der Waals surface area contributed by atoms with Crippen LogP contribution in [-0.4, -0.2) is 34.5 Å². The lowest BCUT2D eigenvalue weighted by molar-refractivity contribution is -0.142. The number of carbonyl (C=O) groups excluding carboxylic acids is 3. The number of fused-ring (bicyclic) bond motifs is 1. The second-order valence-corrected chi connectivity index (χ2v) is 8.94. The summed E-state index contributed by atoms with van der Waals surface area (Å²) in [5.74, 6) is -2.21. The molecule has 0 radical (unpaired) electrons. The zero-order valence-electron chi connectivity index (χ0n) is 20.6. The van der Waals surface area contributed by atoms with Crippen molar-refractivity contribution in [2.75, 3.05) is 11.5 Å². The highest BCUT2D eigenvalue weighted by molar-refractivity contribution is 6.51. The maximum atomic E-state index is 13.5. The fourth-order valence-electron chi connectivity index (χ4n) is 4.80. The fraction of sp³-hybridized carbons (Fsp3) is 0.129. The van der Waals surface area contributed by atoms with Gasteiger partial charge in [-0.15, -0.1) is 0 Å². The summed E-state index contributed by atoms with van der Waals surface area (Å²) < 4.78 is 5.00. The number of ether oxygens (including phenoxy) is 1. The Balaban J connectivity index is 1.64. The van der Waals surface area contributed by atoms with Gasteiger partial charge in [0.25, 0.3) is 11.7 Å². The van der Waals surface area contributed by atoms with E-state index < -0.39 is 17.7 Å². The monoisotopic (exact) mass is 507 g/mol. The maximum Gasteiger partial charge on any atom is 0.310 e. The Morgan fingerprint density at radius 3 is 2.29 bits per heavy atom. The van der Waals surface area contributed by atoms with Gasteiger partial charge in [-0.3, -0.25) is 19.3 Å². The molecule has 1 saturated heterocycles. The van der Waals surface area contributed by atoms with Gasteiger partial charge < -0.3 is 14.9 Å². The Morgan fingerprint density at radius 2 is 1.58 bits per heavy atom. The molecule has 1 aliphatic heterocycles. The van der Waals surface area contributed by atoms with E-state index in [9.17, 15) is 24.6 Å². The first-order valence-corrected chi connectivity index (χ1v) is 12.2. The van der Waals surface area contributed by atoms with Crippen LogP contribution < -0.4 is 4.90 Å². The van der Waals surface area contributed by atoms with E-state index in [0.29, 0.717) is 22.4 Å². The third-order valence-electron chi connectivity index (χ3n) is 6.57. The predicted molar refractivity (Wildman–Crippen MR) is 144 cm³/mol. The minimum Gasteiger partial charge on any atom is -0.508 e. The molecule has 1 amide bonds. The Kier molecular flexibility index (Phi) is 6.66. The van der Waals surface area contributed by atoms with Crippen LogP contribution in [-0.2, 0) is 25.5 Å². The fourth-order valence-corrected chi connectivity index (χ4v) is 4.80. The first-order valence-electron chi connectivity index (χ1n) is 12.2. The molecular weight excluding hydrogens is 482 g/mol. The Labute approximate surface area is 219 Å². The molecule has 5 rings (SSSR count). The third-order valence-corrected chi connectivity index (χ3v) is 6.57. The summed E-state index contributed by atoms with van der Waals surface area (Å²) in [6.45, 7) is 2.02. The Bertz CT molecular complexity index is 1570. The number of rotatable bonds is 6. The number of phenols is 1. The first kappa shape index (κ1) is 24.8. The second-order valence-electron chi connectivity index (χ2n) is 8.94. The summed E-state index contributed by atoms with van der Waals surface area (Å²) in [4.78, 5) is 40.1. The summed E-state index contributed by atoms with van der Waals surface area (Å²) in [5, 5.41) is 23.0. The van der Waals surface area contributed by atoms with Crippen molar-refractivity contribution in [2.24, 2.45) is 0 Å². The van der Waals surface area contributed by atoms with Crippen molar-refractivity contribution in [3.05, 3.63) is 113 Å². The molecule has 0 saturated carbocycles. The normalized spacial score (nSPS) is 16.7. The first-order chi connectivity index (χ1) is 18.4. The molecule has 7 heteroatoms. The smallest absolute Gasteiger partial charge is 0.310 e. The SMILES string of the molecule is CCOC(=O)Cc1ccc(N2C(=O)C(=O)/C(=C(\O)c3cccc4ccccc34)C2c2ccc(O)cc2)cc1. The van der Waals surface area contributed by atoms with Gasteiger partial charge in [0.15, 0.2) is 0 Å². The van der Waals surface area contributed by atoms with E-state index in [1.54, 1.807) is 55.5 Å². The molecule has 1 aliphatic rings. The summed E-state index contributed by atoms with van der Waals surface area (Å²) in [6, 6.07) is 24.8. The number of amides is 1. The van der Waals surface area contributed by atoms with Gasteiger partial charge in [0.1, 0.15) is 11.5 Å². The number of benzene rings is 4. The largest absolute Gasteiger partial charge is 0.508 e. The molecule has 1 fully saturated rings. The Hall–Kier alpha value is -4.91. The number of hydrogen-bond donors (Lipinski definition) is 2.